The summed E-state index contributed by atoms with van der Waals surface area (Å²) < 4.78 is 4.85. The molecule has 1 N–H and O–H groups in total. The molecule has 3 rings (SSSR count). The fourth-order valence-electron chi connectivity index (χ4n) is 3.38. The SMILES string of the molecule is O=C(CN1CCOC1=O)NC[C@@H](c1ccc(Cl)cc1)N1CCCCC1. The lowest BCUT2D eigenvalue weighted by Gasteiger charge is -2.35. The summed E-state index contributed by atoms with van der Waals surface area (Å²) in [6.07, 6.45) is 3.20. The number of rotatable bonds is 6. The molecule has 0 aromatic heterocycles. The van der Waals surface area contributed by atoms with Crippen LogP contribution in [0, 0.1) is 0 Å². The van der Waals surface area contributed by atoms with Gasteiger partial charge in [0.15, 0.2) is 0 Å². The Hall–Kier alpha value is -1.79. The second-order valence-electron chi connectivity index (χ2n) is 6.50. The molecule has 0 unspecified atom stereocenters. The van der Waals surface area contributed by atoms with Gasteiger partial charge in [0.25, 0.3) is 0 Å². The molecular formula is C18H24ClN3O3. The van der Waals surface area contributed by atoms with E-state index >= 15 is 0 Å². The Morgan fingerprint density at radius 1 is 1.16 bits per heavy atom. The highest BCUT2D eigenvalue weighted by molar-refractivity contribution is 6.30. The van der Waals surface area contributed by atoms with Crippen molar-refractivity contribution in [1.29, 1.82) is 0 Å². The van der Waals surface area contributed by atoms with E-state index < -0.39 is 6.09 Å². The molecule has 6 nitrogen and oxygen atoms in total. The number of halogens is 1. The summed E-state index contributed by atoms with van der Waals surface area (Å²) in [4.78, 5) is 27.5. The number of likely N-dealkylation sites (tertiary alicyclic amines) is 1. The average Bonchev–Trinajstić information content (AvgIpc) is 3.02. The van der Waals surface area contributed by atoms with E-state index in [2.05, 4.69) is 10.2 Å². The third-order valence-corrected chi connectivity index (χ3v) is 5.01. The van der Waals surface area contributed by atoms with Crippen molar-refractivity contribution < 1.29 is 14.3 Å². The van der Waals surface area contributed by atoms with Gasteiger partial charge in [-0.2, -0.15) is 0 Å². The summed E-state index contributed by atoms with van der Waals surface area (Å²) in [5.74, 6) is -0.158. The van der Waals surface area contributed by atoms with Gasteiger partial charge in [-0.05, 0) is 43.6 Å². The summed E-state index contributed by atoms with van der Waals surface area (Å²) in [5.41, 5.74) is 1.15. The molecule has 1 atom stereocenters. The zero-order chi connectivity index (χ0) is 17.6. The second kappa shape index (κ2) is 8.54. The first-order chi connectivity index (χ1) is 12.1. The minimum absolute atomic E-state index is 0.0478. The number of ether oxygens (including phenoxy) is 1. The normalized spacial score (nSPS) is 19.6. The number of hydrogen-bond acceptors (Lipinski definition) is 4. The van der Waals surface area contributed by atoms with E-state index in [1.807, 2.05) is 24.3 Å². The monoisotopic (exact) mass is 365 g/mol. The molecule has 0 aliphatic carbocycles. The van der Waals surface area contributed by atoms with Gasteiger partial charge in [-0.1, -0.05) is 30.2 Å². The summed E-state index contributed by atoms with van der Waals surface area (Å²) in [5, 5.41) is 3.68. The second-order valence-corrected chi connectivity index (χ2v) is 6.94. The number of nitrogens with one attached hydrogen (secondary N) is 1. The quantitative estimate of drug-likeness (QED) is 0.841. The van der Waals surface area contributed by atoms with Crippen LogP contribution in [0.15, 0.2) is 24.3 Å². The van der Waals surface area contributed by atoms with Crippen molar-refractivity contribution >= 4 is 23.6 Å². The number of hydrogen-bond donors (Lipinski definition) is 1. The molecule has 7 heteroatoms. The molecule has 0 bridgehead atoms. The van der Waals surface area contributed by atoms with Crippen LogP contribution in [0.3, 0.4) is 0 Å². The van der Waals surface area contributed by atoms with Gasteiger partial charge in [0, 0.05) is 11.6 Å². The number of piperidine rings is 1. The van der Waals surface area contributed by atoms with Crippen molar-refractivity contribution in [1.82, 2.24) is 15.1 Å². The molecule has 2 aliphatic heterocycles. The molecule has 0 spiro atoms. The van der Waals surface area contributed by atoms with E-state index in [0.717, 1.165) is 18.7 Å². The number of cyclic esters (lactones) is 1. The molecule has 136 valence electrons. The highest BCUT2D eigenvalue weighted by Gasteiger charge is 2.26. The molecule has 2 aliphatic rings. The van der Waals surface area contributed by atoms with Gasteiger partial charge >= 0.3 is 6.09 Å². The van der Waals surface area contributed by atoms with Crippen molar-refractivity contribution in [2.45, 2.75) is 25.3 Å². The van der Waals surface area contributed by atoms with Gasteiger partial charge in [0.05, 0.1) is 12.6 Å². The first-order valence-electron chi connectivity index (χ1n) is 8.81. The predicted octanol–water partition coefficient (Wildman–Crippen LogP) is 2.44. The van der Waals surface area contributed by atoms with Crippen LogP contribution >= 0.6 is 11.6 Å². The Morgan fingerprint density at radius 2 is 1.88 bits per heavy atom. The maximum Gasteiger partial charge on any atom is 0.410 e. The summed E-state index contributed by atoms with van der Waals surface area (Å²) >= 11 is 6.01. The van der Waals surface area contributed by atoms with Crippen LogP contribution in [0.2, 0.25) is 5.02 Å². The molecule has 1 aromatic rings. The maximum atomic E-state index is 12.2. The zero-order valence-electron chi connectivity index (χ0n) is 14.2. The lowest BCUT2D eigenvalue weighted by atomic mass is 10.0. The Kier molecular flexibility index (Phi) is 6.15. The van der Waals surface area contributed by atoms with Gasteiger partial charge in [-0.3, -0.25) is 14.6 Å². The summed E-state index contributed by atoms with van der Waals surface area (Å²) in [7, 11) is 0. The van der Waals surface area contributed by atoms with Crippen molar-refractivity contribution in [2.75, 3.05) is 39.3 Å². The van der Waals surface area contributed by atoms with Gasteiger partial charge in [0.1, 0.15) is 13.2 Å². The number of carbonyl (C=O) groups excluding carboxylic acids is 2. The fourth-order valence-corrected chi connectivity index (χ4v) is 3.51. The Morgan fingerprint density at radius 3 is 2.52 bits per heavy atom. The van der Waals surface area contributed by atoms with Crippen LogP contribution in [-0.2, 0) is 9.53 Å². The van der Waals surface area contributed by atoms with Gasteiger partial charge in [-0.25, -0.2) is 4.79 Å². The van der Waals surface area contributed by atoms with Gasteiger partial charge < -0.3 is 10.1 Å². The highest BCUT2D eigenvalue weighted by atomic mass is 35.5. The largest absolute Gasteiger partial charge is 0.448 e. The first-order valence-corrected chi connectivity index (χ1v) is 9.19. The topological polar surface area (TPSA) is 61.9 Å². The highest BCUT2D eigenvalue weighted by Crippen LogP contribution is 2.25. The van der Waals surface area contributed by atoms with E-state index in [-0.39, 0.29) is 18.5 Å². The van der Waals surface area contributed by atoms with Crippen LogP contribution in [0.4, 0.5) is 4.79 Å². The van der Waals surface area contributed by atoms with Crippen LogP contribution in [0.5, 0.6) is 0 Å². The lowest BCUT2D eigenvalue weighted by Crippen LogP contribution is -2.43. The lowest BCUT2D eigenvalue weighted by molar-refractivity contribution is -0.121. The minimum atomic E-state index is -0.416. The number of carbonyl (C=O) groups is 2. The number of nitrogens with zero attached hydrogens (tertiary/aromatic N) is 2. The van der Waals surface area contributed by atoms with Crippen molar-refractivity contribution in [3.05, 3.63) is 34.9 Å². The molecule has 2 heterocycles. The Labute approximate surface area is 153 Å². The van der Waals surface area contributed by atoms with E-state index in [1.54, 1.807) is 0 Å². The van der Waals surface area contributed by atoms with E-state index in [1.165, 1.54) is 24.2 Å². The molecule has 1 aromatic carbocycles. The smallest absolute Gasteiger partial charge is 0.410 e. The molecule has 0 radical (unpaired) electrons. The van der Waals surface area contributed by atoms with Crippen LogP contribution in [0.25, 0.3) is 0 Å². The third-order valence-electron chi connectivity index (χ3n) is 4.76. The van der Waals surface area contributed by atoms with Crippen LogP contribution < -0.4 is 5.32 Å². The number of benzene rings is 1. The van der Waals surface area contributed by atoms with Crippen molar-refractivity contribution in [3.63, 3.8) is 0 Å². The van der Waals surface area contributed by atoms with Crippen molar-refractivity contribution in [2.24, 2.45) is 0 Å². The Balaban J connectivity index is 1.61. The zero-order valence-corrected chi connectivity index (χ0v) is 15.0. The first kappa shape index (κ1) is 18.0. The van der Waals surface area contributed by atoms with Gasteiger partial charge in [0.2, 0.25) is 5.91 Å². The van der Waals surface area contributed by atoms with E-state index in [0.29, 0.717) is 24.7 Å². The molecule has 0 saturated carbocycles. The molecule has 2 amide bonds. The average molecular weight is 366 g/mol. The van der Waals surface area contributed by atoms with Crippen LogP contribution in [0.1, 0.15) is 30.9 Å². The standard InChI is InChI=1S/C18H24ClN3O3/c19-15-6-4-14(5-7-15)16(21-8-2-1-3-9-21)12-20-17(23)13-22-10-11-25-18(22)24/h4-7,16H,1-3,8-13H2,(H,20,23)/t16-/m0/s1. The maximum absolute atomic E-state index is 12.2. The van der Waals surface area contributed by atoms with E-state index in [4.69, 9.17) is 16.3 Å². The van der Waals surface area contributed by atoms with E-state index in [9.17, 15) is 9.59 Å². The summed E-state index contributed by atoms with van der Waals surface area (Å²) in [6.45, 7) is 3.45. The number of amides is 2. The van der Waals surface area contributed by atoms with Gasteiger partial charge in [-0.15, -0.1) is 0 Å². The minimum Gasteiger partial charge on any atom is -0.448 e. The fraction of sp³-hybridized carbons (Fsp3) is 0.556. The van der Waals surface area contributed by atoms with Crippen LogP contribution in [-0.4, -0.2) is 61.1 Å². The predicted molar refractivity (Wildman–Crippen MR) is 95.5 cm³/mol. The van der Waals surface area contributed by atoms with Crippen molar-refractivity contribution in [3.8, 4) is 0 Å². The molecule has 2 fully saturated rings. The molecule has 2 saturated heterocycles. The Bertz CT molecular complexity index is 602. The molecular weight excluding hydrogens is 342 g/mol. The molecule has 25 heavy (non-hydrogen) atoms. The third kappa shape index (κ3) is 4.86. The summed E-state index contributed by atoms with van der Waals surface area (Å²) in [6, 6.07) is 7.93.